The van der Waals surface area contributed by atoms with Crippen molar-refractivity contribution in [1.82, 2.24) is 4.57 Å². The van der Waals surface area contributed by atoms with Crippen LogP contribution in [0.15, 0.2) is 30.8 Å². The number of hydrogen-bond donors (Lipinski definition) is 0. The molecule has 2 heteroatoms. The first kappa shape index (κ1) is 9.23. The van der Waals surface area contributed by atoms with Gasteiger partial charge in [0.15, 0.2) is 0 Å². The average molecular weight is 177 g/mol. The molecule has 0 aliphatic carbocycles. The minimum atomic E-state index is -0.222. The summed E-state index contributed by atoms with van der Waals surface area (Å²) in [6.45, 7) is 3.75. The largest absolute Gasteiger partial charge is 0.330 e. The fourth-order valence-electron chi connectivity index (χ4n) is 1.18. The first-order chi connectivity index (χ1) is 5.72. The normalized spacial score (nSPS) is 11.2. The fraction of sp³-hybridized carbons (Fsp3) is 0.200. The molecule has 0 aliphatic rings. The molecule has 0 heterocycles. The van der Waals surface area contributed by atoms with Gasteiger partial charge in [-0.05, 0) is 24.8 Å². The molecule has 64 valence electrons. The second-order valence-electron chi connectivity index (χ2n) is 3.19. The molecule has 0 atom stereocenters. The van der Waals surface area contributed by atoms with E-state index in [9.17, 15) is 0 Å². The Labute approximate surface area is 76.6 Å². The van der Waals surface area contributed by atoms with Gasteiger partial charge >= 0.3 is 0 Å². The third-order valence-electron chi connectivity index (χ3n) is 1.69. The van der Waals surface area contributed by atoms with Crippen molar-refractivity contribution in [3.63, 3.8) is 0 Å². The van der Waals surface area contributed by atoms with Crippen LogP contribution in [-0.4, -0.2) is 28.3 Å². The van der Waals surface area contributed by atoms with E-state index < -0.39 is 0 Å². The van der Waals surface area contributed by atoms with Gasteiger partial charge in [0.05, 0.1) is 0 Å². The zero-order valence-electron chi connectivity index (χ0n) is 7.75. The van der Waals surface area contributed by atoms with Crippen LogP contribution in [0.25, 0.3) is 6.08 Å². The quantitative estimate of drug-likeness (QED) is 0.611. The predicted octanol–water partition coefficient (Wildman–Crippen LogP) is 0.600. The fourth-order valence-corrected chi connectivity index (χ4v) is 2.48. The molecule has 0 unspecified atom stereocenters. The maximum atomic E-state index is 3.75. The van der Waals surface area contributed by atoms with Gasteiger partial charge in [-0.2, -0.15) is 0 Å². The SMILES string of the molecule is C=Cc1cccc([SiH2]N(C)C)c1. The molecule has 0 bridgehead atoms. The first-order valence-corrected chi connectivity index (χ1v) is 5.42. The highest BCUT2D eigenvalue weighted by atomic mass is 28.2. The maximum Gasteiger partial charge on any atom is 0.126 e. The van der Waals surface area contributed by atoms with Gasteiger partial charge in [0.25, 0.3) is 0 Å². The standard InChI is InChI=1S/C10H15NSi/c1-4-9-6-5-7-10(8-9)12-11(2)3/h4-8H,1,12H2,2-3H3. The van der Waals surface area contributed by atoms with Gasteiger partial charge in [-0.25, -0.2) is 0 Å². The molecule has 0 amide bonds. The van der Waals surface area contributed by atoms with Gasteiger partial charge in [0.2, 0.25) is 0 Å². The minimum absolute atomic E-state index is 0.222. The summed E-state index contributed by atoms with van der Waals surface area (Å²) >= 11 is 0. The van der Waals surface area contributed by atoms with Crippen molar-refractivity contribution >= 4 is 20.9 Å². The summed E-state index contributed by atoms with van der Waals surface area (Å²) < 4.78 is 2.29. The predicted molar refractivity (Wildman–Crippen MR) is 58.4 cm³/mol. The molecule has 0 aromatic heterocycles. The van der Waals surface area contributed by atoms with E-state index in [2.05, 4.69) is 49.5 Å². The van der Waals surface area contributed by atoms with Gasteiger partial charge in [-0.1, -0.05) is 36.9 Å². The molecular formula is C10H15NSi. The van der Waals surface area contributed by atoms with Crippen LogP contribution in [0, 0.1) is 0 Å². The summed E-state index contributed by atoms with van der Waals surface area (Å²) in [7, 11) is 4.04. The summed E-state index contributed by atoms with van der Waals surface area (Å²) in [5, 5.41) is 1.47. The van der Waals surface area contributed by atoms with Crippen LogP contribution in [-0.2, 0) is 0 Å². The van der Waals surface area contributed by atoms with E-state index in [4.69, 9.17) is 0 Å². The summed E-state index contributed by atoms with van der Waals surface area (Å²) in [6, 6.07) is 8.60. The highest BCUT2D eigenvalue weighted by Gasteiger charge is 1.95. The molecule has 0 aliphatic heterocycles. The Hall–Kier alpha value is -0.863. The first-order valence-electron chi connectivity index (χ1n) is 4.08. The lowest BCUT2D eigenvalue weighted by molar-refractivity contribution is 0.669. The molecular weight excluding hydrogens is 162 g/mol. The molecule has 0 spiro atoms. The molecule has 0 N–H and O–H groups in total. The van der Waals surface area contributed by atoms with Crippen molar-refractivity contribution in [2.45, 2.75) is 0 Å². The van der Waals surface area contributed by atoms with E-state index >= 15 is 0 Å². The van der Waals surface area contributed by atoms with Gasteiger partial charge < -0.3 is 4.57 Å². The molecule has 0 fully saturated rings. The number of benzene rings is 1. The minimum Gasteiger partial charge on any atom is -0.330 e. The molecule has 12 heavy (non-hydrogen) atoms. The van der Waals surface area contributed by atoms with Crippen molar-refractivity contribution in [3.8, 4) is 0 Å². The Morgan fingerprint density at radius 3 is 2.75 bits per heavy atom. The van der Waals surface area contributed by atoms with E-state index in [0.717, 1.165) is 0 Å². The van der Waals surface area contributed by atoms with Crippen LogP contribution in [0.1, 0.15) is 5.56 Å². The lowest BCUT2D eigenvalue weighted by Crippen LogP contribution is -2.29. The molecule has 0 saturated heterocycles. The van der Waals surface area contributed by atoms with E-state index in [1.807, 2.05) is 6.08 Å². The average Bonchev–Trinajstić information content (AvgIpc) is 2.03. The number of nitrogens with zero attached hydrogens (tertiary/aromatic N) is 1. The van der Waals surface area contributed by atoms with Crippen LogP contribution >= 0.6 is 0 Å². The molecule has 1 aromatic rings. The molecule has 1 nitrogen and oxygen atoms in total. The smallest absolute Gasteiger partial charge is 0.126 e. The highest BCUT2D eigenvalue weighted by molar-refractivity contribution is 6.50. The second-order valence-corrected chi connectivity index (χ2v) is 5.58. The number of rotatable bonds is 3. The summed E-state index contributed by atoms with van der Waals surface area (Å²) in [4.78, 5) is 0. The Kier molecular flexibility index (Phi) is 3.26. The van der Waals surface area contributed by atoms with Crippen molar-refractivity contribution in [3.05, 3.63) is 36.4 Å². The summed E-state index contributed by atoms with van der Waals surface area (Å²) in [5.74, 6) is 0. The van der Waals surface area contributed by atoms with E-state index in [-0.39, 0.29) is 9.68 Å². The van der Waals surface area contributed by atoms with Gasteiger partial charge in [0, 0.05) is 0 Å². The van der Waals surface area contributed by atoms with E-state index in [1.165, 1.54) is 10.8 Å². The van der Waals surface area contributed by atoms with Crippen molar-refractivity contribution < 1.29 is 0 Å². The van der Waals surface area contributed by atoms with Crippen LogP contribution in [0.4, 0.5) is 0 Å². The lowest BCUT2D eigenvalue weighted by atomic mass is 10.2. The van der Waals surface area contributed by atoms with Gasteiger partial charge in [-0.15, -0.1) is 0 Å². The van der Waals surface area contributed by atoms with Gasteiger partial charge in [-0.3, -0.25) is 0 Å². The monoisotopic (exact) mass is 177 g/mol. The third kappa shape index (κ3) is 2.64. The maximum absolute atomic E-state index is 3.75. The highest BCUT2D eigenvalue weighted by Crippen LogP contribution is 1.96. The lowest BCUT2D eigenvalue weighted by Gasteiger charge is -2.08. The molecule has 0 saturated carbocycles. The molecule has 1 rings (SSSR count). The topological polar surface area (TPSA) is 3.24 Å². The summed E-state index contributed by atoms with van der Waals surface area (Å²) in [5.41, 5.74) is 1.22. The Balaban J connectivity index is 2.79. The zero-order chi connectivity index (χ0) is 8.97. The Morgan fingerprint density at radius 2 is 2.17 bits per heavy atom. The molecule has 0 radical (unpaired) electrons. The second kappa shape index (κ2) is 4.23. The zero-order valence-corrected chi connectivity index (χ0v) is 9.16. The van der Waals surface area contributed by atoms with E-state index in [1.54, 1.807) is 0 Å². The Bertz CT molecular complexity index is 268. The van der Waals surface area contributed by atoms with Crippen LogP contribution in [0.5, 0.6) is 0 Å². The van der Waals surface area contributed by atoms with Gasteiger partial charge in [0.1, 0.15) is 9.68 Å². The Morgan fingerprint density at radius 1 is 1.42 bits per heavy atom. The van der Waals surface area contributed by atoms with Crippen molar-refractivity contribution in [2.24, 2.45) is 0 Å². The molecule has 1 aromatic carbocycles. The van der Waals surface area contributed by atoms with Crippen LogP contribution in [0.2, 0.25) is 0 Å². The number of hydrogen-bond acceptors (Lipinski definition) is 1. The van der Waals surface area contributed by atoms with E-state index in [0.29, 0.717) is 0 Å². The van der Waals surface area contributed by atoms with Crippen molar-refractivity contribution in [2.75, 3.05) is 14.1 Å². The van der Waals surface area contributed by atoms with Crippen molar-refractivity contribution in [1.29, 1.82) is 0 Å². The van der Waals surface area contributed by atoms with Crippen LogP contribution in [0.3, 0.4) is 0 Å². The summed E-state index contributed by atoms with van der Waals surface area (Å²) in [6.07, 6.45) is 1.90. The third-order valence-corrected chi connectivity index (χ3v) is 3.12. The van der Waals surface area contributed by atoms with Crippen LogP contribution < -0.4 is 5.19 Å².